The molecule has 0 saturated carbocycles. The third-order valence-electron chi connectivity index (χ3n) is 6.79. The van der Waals surface area contributed by atoms with E-state index in [1.165, 1.54) is 12.3 Å². The van der Waals surface area contributed by atoms with Crippen LogP contribution in [0.2, 0.25) is 0 Å². The Kier molecular flexibility index (Phi) is 6.37. The molecule has 1 atom stereocenters. The quantitative estimate of drug-likeness (QED) is 0.581. The number of aromatic nitrogens is 4. The van der Waals surface area contributed by atoms with Crippen LogP contribution in [0.15, 0.2) is 29.2 Å². The number of rotatable bonds is 5. The summed E-state index contributed by atoms with van der Waals surface area (Å²) in [6.45, 7) is 4.22. The van der Waals surface area contributed by atoms with Crippen molar-refractivity contribution in [3.8, 4) is 11.6 Å². The van der Waals surface area contributed by atoms with E-state index in [-0.39, 0.29) is 29.8 Å². The fourth-order valence-electron chi connectivity index (χ4n) is 5.15. The zero-order valence-corrected chi connectivity index (χ0v) is 19.4. The molecule has 0 spiro atoms. The van der Waals surface area contributed by atoms with Gasteiger partial charge in [-0.2, -0.15) is 5.10 Å². The zero-order chi connectivity index (χ0) is 22.4. The summed E-state index contributed by atoms with van der Waals surface area (Å²) in [4.78, 5) is 19.1. The minimum atomic E-state index is -0.253. The molecule has 0 amide bonds. The average Bonchev–Trinajstić information content (AvgIpc) is 3.23. The van der Waals surface area contributed by atoms with Gasteiger partial charge >= 0.3 is 0 Å². The first kappa shape index (κ1) is 22.9. The number of piperidine rings is 1. The first-order valence-electron chi connectivity index (χ1n) is 11.4. The predicted molar refractivity (Wildman–Crippen MR) is 125 cm³/mol. The molecule has 0 radical (unpaired) electrons. The number of hydrogen-bond donors (Lipinski definition) is 1. The van der Waals surface area contributed by atoms with Crippen LogP contribution in [0.25, 0.3) is 11.0 Å². The van der Waals surface area contributed by atoms with Crippen molar-refractivity contribution in [1.29, 1.82) is 0 Å². The van der Waals surface area contributed by atoms with E-state index >= 15 is 0 Å². The predicted octanol–water partition coefficient (Wildman–Crippen LogP) is 1.87. The number of nitrogens with zero attached hydrogens (tertiary/aromatic N) is 5. The Morgan fingerprint density at radius 3 is 2.82 bits per heavy atom. The molecule has 3 aliphatic rings. The first-order chi connectivity index (χ1) is 16.2. The molecule has 9 nitrogen and oxygen atoms in total. The first-order valence-corrected chi connectivity index (χ1v) is 11.4. The lowest BCUT2D eigenvalue weighted by Gasteiger charge is -2.34. The highest BCUT2D eigenvalue weighted by atomic mass is 35.5. The second-order valence-electron chi connectivity index (χ2n) is 8.88. The maximum Gasteiger partial charge on any atom is 0.276 e. The van der Waals surface area contributed by atoms with Crippen LogP contribution in [0, 0.1) is 5.82 Å². The van der Waals surface area contributed by atoms with Gasteiger partial charge in [0.05, 0.1) is 29.0 Å². The SMILES string of the molecule is Cl.O=c1cnc2ccc(F)c3c2n1C(CN1CCC(NCc2cc4c(nn2)OCCO4)CC1)C3. The molecule has 0 bridgehead atoms. The molecule has 2 aromatic heterocycles. The van der Waals surface area contributed by atoms with E-state index in [2.05, 4.69) is 25.4 Å². The molecule has 5 heterocycles. The molecular weight excluding hydrogens is 463 g/mol. The fourth-order valence-corrected chi connectivity index (χ4v) is 5.15. The Hall–Kier alpha value is -2.82. The summed E-state index contributed by atoms with van der Waals surface area (Å²) in [6, 6.07) is 5.30. The van der Waals surface area contributed by atoms with E-state index in [1.807, 2.05) is 6.07 Å². The maximum atomic E-state index is 14.4. The lowest BCUT2D eigenvalue weighted by atomic mass is 10.0. The van der Waals surface area contributed by atoms with Crippen LogP contribution >= 0.6 is 12.4 Å². The summed E-state index contributed by atoms with van der Waals surface area (Å²) in [5.41, 5.74) is 2.62. The standard InChI is InChI=1S/C23H25FN6O3.ClH/c24-18-1-2-19-22-17(18)10-16(30(22)21(31)12-26-19)13-29-5-3-14(4-6-29)25-11-15-9-20-23(28-27-15)33-8-7-32-20;/h1-2,9,12,14,16,25H,3-8,10-11,13H2;1H. The Morgan fingerprint density at radius 2 is 1.97 bits per heavy atom. The van der Waals surface area contributed by atoms with Crippen molar-refractivity contribution in [3.05, 3.63) is 51.8 Å². The zero-order valence-electron chi connectivity index (χ0n) is 18.6. The molecule has 3 aliphatic heterocycles. The highest BCUT2D eigenvalue weighted by Crippen LogP contribution is 2.32. The number of benzene rings is 1. The van der Waals surface area contributed by atoms with E-state index in [0.717, 1.165) is 38.2 Å². The van der Waals surface area contributed by atoms with Crippen LogP contribution in [-0.2, 0) is 13.0 Å². The van der Waals surface area contributed by atoms with Gasteiger partial charge in [-0.05, 0) is 44.5 Å². The number of fused-ring (bicyclic) bond motifs is 1. The molecule has 34 heavy (non-hydrogen) atoms. The molecule has 0 aliphatic carbocycles. The van der Waals surface area contributed by atoms with E-state index in [9.17, 15) is 9.18 Å². The molecule has 11 heteroatoms. The van der Waals surface area contributed by atoms with Crippen molar-refractivity contribution < 1.29 is 13.9 Å². The van der Waals surface area contributed by atoms with Gasteiger partial charge in [0, 0.05) is 30.8 Å². The molecule has 6 rings (SSSR count). The van der Waals surface area contributed by atoms with Crippen molar-refractivity contribution in [1.82, 2.24) is 30.0 Å². The molecule has 1 fully saturated rings. The van der Waals surface area contributed by atoms with Gasteiger partial charge in [-0.1, -0.05) is 0 Å². The molecule has 1 aromatic carbocycles. The number of halogens is 2. The largest absolute Gasteiger partial charge is 0.484 e. The summed E-state index contributed by atoms with van der Waals surface area (Å²) in [5, 5.41) is 11.9. The third-order valence-corrected chi connectivity index (χ3v) is 6.79. The number of ether oxygens (including phenoxy) is 2. The van der Waals surface area contributed by atoms with Gasteiger partial charge in [0.1, 0.15) is 19.0 Å². The Morgan fingerprint density at radius 1 is 1.15 bits per heavy atom. The Balaban J connectivity index is 0.00000241. The second-order valence-corrected chi connectivity index (χ2v) is 8.88. The van der Waals surface area contributed by atoms with E-state index in [1.54, 1.807) is 10.6 Å². The van der Waals surface area contributed by atoms with Crippen LogP contribution in [0.3, 0.4) is 0 Å². The lowest BCUT2D eigenvalue weighted by molar-refractivity contribution is 0.161. The smallest absolute Gasteiger partial charge is 0.276 e. The van der Waals surface area contributed by atoms with Gasteiger partial charge in [-0.15, -0.1) is 17.5 Å². The average molecular weight is 489 g/mol. The molecular formula is C23H26ClFN6O3. The third kappa shape index (κ3) is 4.21. The monoisotopic (exact) mass is 488 g/mol. The van der Waals surface area contributed by atoms with Crippen molar-refractivity contribution >= 4 is 23.4 Å². The van der Waals surface area contributed by atoms with Gasteiger partial charge in [0.25, 0.3) is 11.4 Å². The second kappa shape index (κ2) is 9.44. The number of likely N-dealkylation sites (tertiary alicyclic amines) is 1. The fraction of sp³-hybridized carbons (Fsp3) is 0.478. The summed E-state index contributed by atoms with van der Waals surface area (Å²) in [5.74, 6) is 0.853. The summed E-state index contributed by atoms with van der Waals surface area (Å²) >= 11 is 0. The summed E-state index contributed by atoms with van der Waals surface area (Å²) in [6.07, 6.45) is 3.86. The number of hydrogen-bond acceptors (Lipinski definition) is 8. The van der Waals surface area contributed by atoms with Gasteiger partial charge in [-0.3, -0.25) is 4.79 Å². The minimum Gasteiger partial charge on any atom is -0.484 e. The summed E-state index contributed by atoms with van der Waals surface area (Å²) < 4.78 is 27.2. The van der Waals surface area contributed by atoms with E-state index in [0.29, 0.717) is 60.4 Å². The molecule has 180 valence electrons. The van der Waals surface area contributed by atoms with Gasteiger partial charge in [0.2, 0.25) is 0 Å². The minimum absolute atomic E-state index is 0. The Labute approximate surface area is 201 Å². The van der Waals surface area contributed by atoms with Crippen molar-refractivity contribution in [2.24, 2.45) is 0 Å². The Bertz CT molecular complexity index is 1260. The van der Waals surface area contributed by atoms with Crippen LogP contribution in [0.4, 0.5) is 4.39 Å². The van der Waals surface area contributed by atoms with Gasteiger partial charge in [-0.25, -0.2) is 9.37 Å². The molecule has 1 unspecified atom stereocenters. The van der Waals surface area contributed by atoms with E-state index < -0.39 is 0 Å². The summed E-state index contributed by atoms with van der Waals surface area (Å²) in [7, 11) is 0. The van der Waals surface area contributed by atoms with Gasteiger partial charge < -0.3 is 24.3 Å². The highest BCUT2D eigenvalue weighted by Gasteiger charge is 2.31. The maximum absolute atomic E-state index is 14.4. The van der Waals surface area contributed by atoms with Crippen LogP contribution in [0.5, 0.6) is 11.6 Å². The van der Waals surface area contributed by atoms with Crippen molar-refractivity contribution in [2.45, 2.75) is 37.9 Å². The molecule has 1 saturated heterocycles. The lowest BCUT2D eigenvalue weighted by Crippen LogP contribution is -2.44. The van der Waals surface area contributed by atoms with Gasteiger partial charge in [0.15, 0.2) is 5.75 Å². The van der Waals surface area contributed by atoms with Crippen LogP contribution < -0.4 is 20.3 Å². The normalized spacial score (nSPS) is 19.9. The molecule has 1 N–H and O–H groups in total. The van der Waals surface area contributed by atoms with Crippen LogP contribution in [0.1, 0.15) is 30.1 Å². The number of nitrogens with one attached hydrogen (secondary N) is 1. The van der Waals surface area contributed by atoms with Crippen LogP contribution in [-0.4, -0.2) is 63.5 Å². The van der Waals surface area contributed by atoms with Crippen molar-refractivity contribution in [2.75, 3.05) is 32.8 Å². The highest BCUT2D eigenvalue weighted by molar-refractivity contribution is 5.85. The molecule has 3 aromatic rings. The van der Waals surface area contributed by atoms with E-state index in [4.69, 9.17) is 9.47 Å². The van der Waals surface area contributed by atoms with Crippen molar-refractivity contribution in [3.63, 3.8) is 0 Å². The topological polar surface area (TPSA) is 94.4 Å².